The molecule has 2 aliphatic rings. The zero-order chi connectivity index (χ0) is 15.8. The van der Waals surface area contributed by atoms with Gasteiger partial charge in [0, 0.05) is 35.6 Å². The average molecular weight is 328 g/mol. The van der Waals surface area contributed by atoms with Crippen LogP contribution in [0.1, 0.15) is 40.9 Å². The van der Waals surface area contributed by atoms with Crippen molar-refractivity contribution in [3.63, 3.8) is 0 Å². The number of likely N-dealkylation sites (tertiary alicyclic amines) is 1. The van der Waals surface area contributed by atoms with Crippen molar-refractivity contribution in [2.45, 2.75) is 31.6 Å². The summed E-state index contributed by atoms with van der Waals surface area (Å²) in [6.45, 7) is 4.12. The number of benzene rings is 1. The number of rotatable bonds is 2. The van der Waals surface area contributed by atoms with Gasteiger partial charge in [0.15, 0.2) is 0 Å². The Morgan fingerprint density at radius 2 is 2.26 bits per heavy atom. The number of carbonyl (C=O) groups excluding carboxylic acids is 1. The molecule has 1 saturated heterocycles. The summed E-state index contributed by atoms with van der Waals surface area (Å²) >= 11 is 1.72. The molecule has 4 nitrogen and oxygen atoms in total. The Hall–Kier alpha value is -1.88. The molecule has 0 unspecified atom stereocenters. The van der Waals surface area contributed by atoms with Crippen molar-refractivity contribution in [3.05, 3.63) is 45.9 Å². The fourth-order valence-electron chi connectivity index (χ4n) is 3.53. The van der Waals surface area contributed by atoms with Gasteiger partial charge in [0.25, 0.3) is 0 Å². The number of fused-ring (bicyclic) bond motifs is 1. The highest BCUT2D eigenvalue weighted by Gasteiger charge is 2.35. The number of amides is 1. The first-order valence-corrected chi connectivity index (χ1v) is 9.03. The molecule has 1 fully saturated rings. The van der Waals surface area contributed by atoms with E-state index in [2.05, 4.69) is 10.4 Å². The number of carbonyl (C=O) groups is 1. The Morgan fingerprint density at radius 3 is 3.09 bits per heavy atom. The van der Waals surface area contributed by atoms with Crippen LogP contribution in [0.25, 0.3) is 0 Å². The van der Waals surface area contributed by atoms with Crippen LogP contribution in [0, 0.1) is 6.92 Å². The van der Waals surface area contributed by atoms with Gasteiger partial charge in [-0.1, -0.05) is 18.2 Å². The van der Waals surface area contributed by atoms with E-state index in [0.29, 0.717) is 12.5 Å². The maximum Gasteiger partial charge on any atom is 0.233 e. The van der Waals surface area contributed by atoms with E-state index in [4.69, 9.17) is 4.74 Å². The second kappa shape index (κ2) is 5.96. The molecule has 120 valence electrons. The van der Waals surface area contributed by atoms with Crippen molar-refractivity contribution in [1.29, 1.82) is 0 Å². The third-order valence-electron chi connectivity index (χ3n) is 4.72. The lowest BCUT2D eigenvalue weighted by molar-refractivity contribution is -0.134. The van der Waals surface area contributed by atoms with Crippen LogP contribution in [0.4, 0.5) is 0 Å². The molecule has 0 radical (unpaired) electrons. The Labute approximate surface area is 140 Å². The molecule has 1 aromatic heterocycles. The monoisotopic (exact) mass is 328 g/mol. The second-order valence-electron chi connectivity index (χ2n) is 6.35. The zero-order valence-electron chi connectivity index (χ0n) is 13.2. The summed E-state index contributed by atoms with van der Waals surface area (Å²) in [5.74, 6) is 1.29. The summed E-state index contributed by atoms with van der Waals surface area (Å²) in [7, 11) is 0. The lowest BCUT2D eigenvalue weighted by Crippen LogP contribution is -2.42. The normalized spacial score (nSPS) is 23.4. The minimum atomic E-state index is -0.150. The minimum absolute atomic E-state index is 0.150. The fourth-order valence-corrected chi connectivity index (χ4v) is 4.45. The molecular weight excluding hydrogens is 308 g/mol. The van der Waals surface area contributed by atoms with Gasteiger partial charge in [-0.25, -0.2) is 4.98 Å². The first-order valence-electron chi connectivity index (χ1n) is 8.15. The topological polar surface area (TPSA) is 42.4 Å². The third-order valence-corrected chi connectivity index (χ3v) is 5.84. The van der Waals surface area contributed by atoms with E-state index in [-0.39, 0.29) is 11.8 Å². The molecule has 2 atom stereocenters. The smallest absolute Gasteiger partial charge is 0.233 e. The standard InChI is InChI=1S/C18H20N2O2S/c1-12-11-23-17(19-12)13-5-4-8-20(9-13)18(21)15-10-22-16-7-3-2-6-14(15)16/h2-3,6-7,11,13,15H,4-5,8-10H2,1H3/t13-,15+/m1/s1. The van der Waals surface area contributed by atoms with Crippen LogP contribution in [0.2, 0.25) is 0 Å². The summed E-state index contributed by atoms with van der Waals surface area (Å²) in [6, 6.07) is 7.88. The van der Waals surface area contributed by atoms with E-state index >= 15 is 0 Å². The Balaban J connectivity index is 1.51. The van der Waals surface area contributed by atoms with E-state index in [1.807, 2.05) is 36.1 Å². The first kappa shape index (κ1) is 14.7. The maximum absolute atomic E-state index is 13.0. The van der Waals surface area contributed by atoms with Crippen LogP contribution in [0.5, 0.6) is 5.75 Å². The summed E-state index contributed by atoms with van der Waals surface area (Å²) < 4.78 is 5.68. The predicted molar refractivity (Wildman–Crippen MR) is 90.1 cm³/mol. The van der Waals surface area contributed by atoms with E-state index in [1.165, 1.54) is 5.01 Å². The Morgan fingerprint density at radius 1 is 1.39 bits per heavy atom. The molecule has 5 heteroatoms. The fraction of sp³-hybridized carbons (Fsp3) is 0.444. The van der Waals surface area contributed by atoms with E-state index in [1.54, 1.807) is 11.3 Å². The number of aromatic nitrogens is 1. The molecule has 4 rings (SSSR count). The van der Waals surface area contributed by atoms with E-state index in [9.17, 15) is 4.79 Å². The molecule has 0 N–H and O–H groups in total. The van der Waals surface area contributed by atoms with Gasteiger partial charge in [-0.2, -0.15) is 0 Å². The molecule has 1 aromatic carbocycles. The van der Waals surface area contributed by atoms with Gasteiger partial charge in [-0.05, 0) is 25.8 Å². The van der Waals surface area contributed by atoms with Crippen LogP contribution in [0.3, 0.4) is 0 Å². The average Bonchev–Trinajstić information content (AvgIpc) is 3.20. The van der Waals surface area contributed by atoms with Crippen LogP contribution < -0.4 is 4.74 Å². The number of piperidine rings is 1. The molecule has 0 spiro atoms. The Kier molecular flexibility index (Phi) is 3.81. The highest BCUT2D eigenvalue weighted by atomic mass is 32.1. The number of thiazole rings is 1. The van der Waals surface area contributed by atoms with Crippen LogP contribution >= 0.6 is 11.3 Å². The molecule has 2 aromatic rings. The highest BCUT2D eigenvalue weighted by Crippen LogP contribution is 2.36. The molecule has 0 aliphatic carbocycles. The van der Waals surface area contributed by atoms with Gasteiger partial charge in [0.2, 0.25) is 5.91 Å². The molecule has 2 aliphatic heterocycles. The van der Waals surface area contributed by atoms with Crippen molar-refractivity contribution < 1.29 is 9.53 Å². The minimum Gasteiger partial charge on any atom is -0.492 e. The van der Waals surface area contributed by atoms with Crippen LogP contribution in [0.15, 0.2) is 29.6 Å². The third kappa shape index (κ3) is 2.74. The highest BCUT2D eigenvalue weighted by molar-refractivity contribution is 7.09. The molecule has 3 heterocycles. The summed E-state index contributed by atoms with van der Waals surface area (Å²) in [5.41, 5.74) is 2.11. The summed E-state index contributed by atoms with van der Waals surface area (Å²) in [5, 5.41) is 3.26. The van der Waals surface area contributed by atoms with Gasteiger partial charge in [0.05, 0.1) is 5.01 Å². The van der Waals surface area contributed by atoms with Crippen molar-refractivity contribution in [3.8, 4) is 5.75 Å². The number of para-hydroxylation sites is 1. The quantitative estimate of drug-likeness (QED) is 0.849. The molecule has 23 heavy (non-hydrogen) atoms. The van der Waals surface area contributed by atoms with Crippen LogP contribution in [-0.4, -0.2) is 35.5 Å². The number of ether oxygens (including phenoxy) is 1. The number of nitrogens with zero attached hydrogens (tertiary/aromatic N) is 2. The summed E-state index contributed by atoms with van der Waals surface area (Å²) in [6.07, 6.45) is 2.17. The lowest BCUT2D eigenvalue weighted by atomic mass is 9.95. The van der Waals surface area contributed by atoms with E-state index in [0.717, 1.165) is 42.9 Å². The number of hydrogen-bond donors (Lipinski definition) is 0. The number of hydrogen-bond acceptors (Lipinski definition) is 4. The largest absolute Gasteiger partial charge is 0.492 e. The van der Waals surface area contributed by atoms with Gasteiger partial charge >= 0.3 is 0 Å². The number of aryl methyl sites for hydroxylation is 1. The lowest BCUT2D eigenvalue weighted by Gasteiger charge is -2.33. The zero-order valence-corrected chi connectivity index (χ0v) is 14.0. The predicted octanol–water partition coefficient (Wildman–Crippen LogP) is 3.33. The van der Waals surface area contributed by atoms with Gasteiger partial charge in [-0.15, -0.1) is 11.3 Å². The SMILES string of the molecule is Cc1csc([C@@H]2CCCN(C(=O)[C@H]3COc4ccccc43)C2)n1. The second-order valence-corrected chi connectivity index (χ2v) is 7.24. The van der Waals surface area contributed by atoms with Gasteiger partial charge < -0.3 is 9.64 Å². The van der Waals surface area contributed by atoms with Crippen LogP contribution in [-0.2, 0) is 4.79 Å². The first-order chi connectivity index (χ1) is 11.2. The van der Waals surface area contributed by atoms with Gasteiger partial charge in [-0.3, -0.25) is 4.79 Å². The van der Waals surface area contributed by atoms with Crippen molar-refractivity contribution in [2.75, 3.05) is 19.7 Å². The molecule has 1 amide bonds. The van der Waals surface area contributed by atoms with Crippen molar-refractivity contribution in [2.24, 2.45) is 0 Å². The molecule has 0 bridgehead atoms. The van der Waals surface area contributed by atoms with E-state index < -0.39 is 0 Å². The Bertz CT molecular complexity index is 727. The maximum atomic E-state index is 13.0. The van der Waals surface area contributed by atoms with Gasteiger partial charge in [0.1, 0.15) is 18.3 Å². The van der Waals surface area contributed by atoms with Crippen molar-refractivity contribution >= 4 is 17.2 Å². The summed E-state index contributed by atoms with van der Waals surface area (Å²) in [4.78, 5) is 19.6. The molecular formula is C18H20N2O2S. The molecule has 0 saturated carbocycles. The van der Waals surface area contributed by atoms with Crippen molar-refractivity contribution in [1.82, 2.24) is 9.88 Å².